The van der Waals surface area contributed by atoms with Crippen LogP contribution in [0.25, 0.3) is 0 Å². The number of benzene rings is 2. The maximum Gasteiger partial charge on any atom is 0.261 e. The number of carbonyl (C=O) groups is 1. The highest BCUT2D eigenvalue weighted by Gasteiger charge is 2.17. The van der Waals surface area contributed by atoms with Crippen molar-refractivity contribution in [1.29, 1.82) is 5.26 Å². The molecule has 2 aromatic carbocycles. The lowest BCUT2D eigenvalue weighted by molar-refractivity contribution is -0.127. The predicted octanol–water partition coefficient (Wildman–Crippen LogP) is 3.69. The number of ether oxygens (including phenoxy) is 2. The maximum atomic E-state index is 12.3. The number of rotatable bonds is 7. The summed E-state index contributed by atoms with van der Waals surface area (Å²) in [4.78, 5) is 12.3. The van der Waals surface area contributed by atoms with Gasteiger partial charge in [-0.05, 0) is 37.6 Å². The first-order valence-electron chi connectivity index (χ1n) is 7.89. The van der Waals surface area contributed by atoms with Crippen molar-refractivity contribution in [3.8, 4) is 17.6 Å². The first kappa shape index (κ1) is 18.6. The number of nitrogens with zero attached hydrogens (tertiary/aromatic N) is 1. The first-order chi connectivity index (χ1) is 12.0. The summed E-state index contributed by atoms with van der Waals surface area (Å²) in [7, 11) is 0. The van der Waals surface area contributed by atoms with E-state index in [1.54, 1.807) is 31.2 Å². The molecule has 1 N–H and O–H groups in total. The van der Waals surface area contributed by atoms with Gasteiger partial charge >= 0.3 is 0 Å². The highest BCUT2D eigenvalue weighted by molar-refractivity contribution is 6.31. The van der Waals surface area contributed by atoms with E-state index in [4.69, 9.17) is 26.3 Å². The largest absolute Gasteiger partial charge is 0.490 e. The molecule has 25 heavy (non-hydrogen) atoms. The Bertz CT molecular complexity index is 786. The molecular formula is C19H19ClN2O3. The molecule has 0 aromatic heterocycles. The van der Waals surface area contributed by atoms with Crippen molar-refractivity contribution in [2.24, 2.45) is 0 Å². The number of nitriles is 1. The monoisotopic (exact) mass is 358 g/mol. The van der Waals surface area contributed by atoms with Gasteiger partial charge in [-0.2, -0.15) is 5.26 Å². The molecule has 5 nitrogen and oxygen atoms in total. The van der Waals surface area contributed by atoms with E-state index in [1.165, 1.54) is 0 Å². The van der Waals surface area contributed by atoms with Gasteiger partial charge in [0, 0.05) is 17.6 Å². The quantitative estimate of drug-likeness (QED) is 0.819. The lowest BCUT2D eigenvalue weighted by Gasteiger charge is -2.17. The van der Waals surface area contributed by atoms with Crippen molar-refractivity contribution in [3.63, 3.8) is 0 Å². The van der Waals surface area contributed by atoms with E-state index in [9.17, 15) is 4.79 Å². The number of hydrogen-bond acceptors (Lipinski definition) is 4. The van der Waals surface area contributed by atoms with Gasteiger partial charge in [-0.3, -0.25) is 4.79 Å². The second-order valence-electron chi connectivity index (χ2n) is 5.28. The second kappa shape index (κ2) is 8.95. The van der Waals surface area contributed by atoms with E-state index in [2.05, 4.69) is 5.32 Å². The molecule has 0 saturated carbocycles. The van der Waals surface area contributed by atoms with Crippen LogP contribution in [0.1, 0.15) is 25.0 Å². The van der Waals surface area contributed by atoms with Crippen LogP contribution in [0.2, 0.25) is 5.02 Å². The summed E-state index contributed by atoms with van der Waals surface area (Å²) in [5.41, 5.74) is 1.30. The molecule has 0 bridgehead atoms. The van der Waals surface area contributed by atoms with Crippen LogP contribution < -0.4 is 14.8 Å². The van der Waals surface area contributed by atoms with Crippen LogP contribution in [-0.2, 0) is 11.3 Å². The van der Waals surface area contributed by atoms with Crippen LogP contribution in [-0.4, -0.2) is 18.6 Å². The lowest BCUT2D eigenvalue weighted by atomic mass is 10.2. The molecule has 6 heteroatoms. The van der Waals surface area contributed by atoms with Gasteiger partial charge < -0.3 is 14.8 Å². The third-order valence-corrected chi connectivity index (χ3v) is 3.83. The Morgan fingerprint density at radius 2 is 2.04 bits per heavy atom. The Labute approximate surface area is 152 Å². The SMILES string of the molecule is CCOc1cc(C#N)ccc1O[C@@H](C)C(=O)NCc1ccccc1Cl. The molecule has 0 unspecified atom stereocenters. The highest BCUT2D eigenvalue weighted by atomic mass is 35.5. The van der Waals surface area contributed by atoms with E-state index < -0.39 is 6.10 Å². The third-order valence-electron chi connectivity index (χ3n) is 3.46. The standard InChI is InChI=1S/C19H19ClN2O3/c1-3-24-18-10-14(11-21)8-9-17(18)25-13(2)19(23)22-12-15-6-4-5-7-16(15)20/h4-10,13H,3,12H2,1-2H3,(H,22,23)/t13-/m0/s1. The minimum absolute atomic E-state index is 0.272. The summed E-state index contributed by atoms with van der Waals surface area (Å²) in [5.74, 6) is 0.584. The Kier molecular flexibility index (Phi) is 6.67. The van der Waals surface area contributed by atoms with Crippen molar-refractivity contribution in [1.82, 2.24) is 5.32 Å². The Hall–Kier alpha value is -2.71. The molecule has 0 aliphatic rings. The zero-order valence-electron chi connectivity index (χ0n) is 14.1. The van der Waals surface area contributed by atoms with E-state index in [0.717, 1.165) is 5.56 Å². The van der Waals surface area contributed by atoms with Gasteiger partial charge in [0.05, 0.1) is 18.2 Å². The van der Waals surface area contributed by atoms with Crippen LogP contribution in [0.4, 0.5) is 0 Å². The zero-order chi connectivity index (χ0) is 18.2. The number of amides is 1. The summed E-state index contributed by atoms with van der Waals surface area (Å²) < 4.78 is 11.2. The third kappa shape index (κ3) is 5.13. The maximum absolute atomic E-state index is 12.3. The average Bonchev–Trinajstić information content (AvgIpc) is 2.62. The fourth-order valence-corrected chi connectivity index (χ4v) is 2.36. The number of halogens is 1. The minimum atomic E-state index is -0.727. The van der Waals surface area contributed by atoms with E-state index in [1.807, 2.05) is 31.2 Å². The van der Waals surface area contributed by atoms with Gasteiger partial charge in [-0.1, -0.05) is 29.8 Å². The van der Waals surface area contributed by atoms with Gasteiger partial charge in [0.1, 0.15) is 0 Å². The fraction of sp³-hybridized carbons (Fsp3) is 0.263. The molecule has 0 fully saturated rings. The molecule has 0 saturated heterocycles. The van der Waals surface area contributed by atoms with Crippen molar-refractivity contribution >= 4 is 17.5 Å². The second-order valence-corrected chi connectivity index (χ2v) is 5.68. The zero-order valence-corrected chi connectivity index (χ0v) is 14.8. The van der Waals surface area contributed by atoms with Crippen LogP contribution >= 0.6 is 11.6 Å². The van der Waals surface area contributed by atoms with Crippen LogP contribution in [0.3, 0.4) is 0 Å². The molecule has 0 aliphatic heterocycles. The number of hydrogen-bond donors (Lipinski definition) is 1. The van der Waals surface area contributed by atoms with E-state index in [0.29, 0.717) is 35.2 Å². The van der Waals surface area contributed by atoms with E-state index >= 15 is 0 Å². The molecule has 1 atom stereocenters. The van der Waals surface area contributed by atoms with E-state index in [-0.39, 0.29) is 5.91 Å². The highest BCUT2D eigenvalue weighted by Crippen LogP contribution is 2.29. The molecule has 2 rings (SSSR count). The van der Waals surface area contributed by atoms with Crippen LogP contribution in [0.15, 0.2) is 42.5 Å². The molecule has 130 valence electrons. The smallest absolute Gasteiger partial charge is 0.261 e. The molecule has 0 spiro atoms. The molecule has 2 aromatic rings. The van der Waals surface area contributed by atoms with Crippen molar-refractivity contribution in [2.45, 2.75) is 26.5 Å². The Morgan fingerprint density at radius 3 is 2.72 bits per heavy atom. The van der Waals surface area contributed by atoms with Crippen LogP contribution in [0, 0.1) is 11.3 Å². The summed E-state index contributed by atoms with van der Waals surface area (Å²) in [6, 6.07) is 14.2. The summed E-state index contributed by atoms with van der Waals surface area (Å²) >= 11 is 6.08. The molecule has 0 heterocycles. The topological polar surface area (TPSA) is 71.3 Å². The summed E-state index contributed by atoms with van der Waals surface area (Å²) in [6.45, 7) is 4.23. The van der Waals surface area contributed by atoms with Gasteiger partial charge in [0.15, 0.2) is 17.6 Å². The first-order valence-corrected chi connectivity index (χ1v) is 8.27. The summed E-state index contributed by atoms with van der Waals surface area (Å²) in [6.07, 6.45) is -0.727. The lowest BCUT2D eigenvalue weighted by Crippen LogP contribution is -2.36. The number of nitrogens with one attached hydrogen (secondary N) is 1. The van der Waals surface area contributed by atoms with Gasteiger partial charge in [0.25, 0.3) is 5.91 Å². The number of carbonyl (C=O) groups excluding carboxylic acids is 1. The molecular weight excluding hydrogens is 340 g/mol. The molecule has 0 aliphatic carbocycles. The fourth-order valence-electron chi connectivity index (χ4n) is 2.16. The molecule has 1 amide bonds. The minimum Gasteiger partial charge on any atom is -0.490 e. The summed E-state index contributed by atoms with van der Waals surface area (Å²) in [5, 5.41) is 12.4. The predicted molar refractivity (Wildman–Crippen MR) is 95.7 cm³/mol. The normalized spacial score (nSPS) is 11.3. The Balaban J connectivity index is 2.01. The van der Waals surface area contributed by atoms with Gasteiger partial charge in [0.2, 0.25) is 0 Å². The van der Waals surface area contributed by atoms with Crippen molar-refractivity contribution in [2.75, 3.05) is 6.61 Å². The van der Waals surface area contributed by atoms with Crippen molar-refractivity contribution < 1.29 is 14.3 Å². The average molecular weight is 359 g/mol. The Morgan fingerprint density at radius 1 is 1.28 bits per heavy atom. The van der Waals surface area contributed by atoms with Gasteiger partial charge in [-0.15, -0.1) is 0 Å². The van der Waals surface area contributed by atoms with Gasteiger partial charge in [-0.25, -0.2) is 0 Å². The van der Waals surface area contributed by atoms with Crippen molar-refractivity contribution in [3.05, 3.63) is 58.6 Å². The van der Waals surface area contributed by atoms with Crippen LogP contribution in [0.5, 0.6) is 11.5 Å². The molecule has 0 radical (unpaired) electrons.